The molecule has 0 saturated carbocycles. The Morgan fingerprint density at radius 2 is 1.82 bits per heavy atom. The largest absolute Gasteiger partial charge is 0.493 e. The second-order valence-electron chi connectivity index (χ2n) is 7.90. The van der Waals surface area contributed by atoms with Crippen molar-refractivity contribution in [3.05, 3.63) is 52.9 Å². The molecule has 7 nitrogen and oxygen atoms in total. The average Bonchev–Trinajstić information content (AvgIpc) is 3.27. The molecule has 172 valence electrons. The van der Waals surface area contributed by atoms with Crippen molar-refractivity contribution >= 4 is 44.8 Å². The lowest BCUT2D eigenvalue weighted by molar-refractivity contribution is -0.128. The van der Waals surface area contributed by atoms with E-state index in [0.717, 1.165) is 21.3 Å². The molecular weight excluding hydrogens is 440 g/mol. The summed E-state index contributed by atoms with van der Waals surface area (Å²) < 4.78 is 11.6. The number of aryl methyl sites for hydroxylation is 1. The van der Waals surface area contributed by atoms with Gasteiger partial charge in [-0.05, 0) is 37.1 Å². The Kier molecular flexibility index (Phi) is 6.65. The molecule has 0 aliphatic carbocycles. The molecule has 1 aromatic heterocycles. The minimum atomic E-state index is -0.339. The maximum absolute atomic E-state index is 13.2. The standard InChI is InChI=1S/C25H26N2O5S/c1-16-6-4-7-18-19(15-33-24(16)18)26-12-5-13-27(25(26)30)23(29)11-9-20(28)17-8-10-21(31-2)22(14-17)32-3/h4,6-8,10,14-15H,5,9,11-13H2,1-3H3. The predicted octanol–water partition coefficient (Wildman–Crippen LogP) is 5.05. The molecular formula is C25H26N2O5S. The quantitative estimate of drug-likeness (QED) is 0.456. The third-order valence-corrected chi connectivity index (χ3v) is 6.98. The summed E-state index contributed by atoms with van der Waals surface area (Å²) in [5.74, 6) is 0.453. The summed E-state index contributed by atoms with van der Waals surface area (Å²) in [7, 11) is 3.03. The highest BCUT2D eigenvalue weighted by Crippen LogP contribution is 2.36. The van der Waals surface area contributed by atoms with Crippen molar-refractivity contribution in [1.82, 2.24) is 4.90 Å². The zero-order chi connectivity index (χ0) is 23.5. The van der Waals surface area contributed by atoms with Crippen molar-refractivity contribution in [2.75, 3.05) is 32.2 Å². The number of hydrogen-bond donors (Lipinski definition) is 0. The molecule has 0 bridgehead atoms. The number of rotatable bonds is 7. The Hall–Kier alpha value is -3.39. The van der Waals surface area contributed by atoms with Gasteiger partial charge >= 0.3 is 6.03 Å². The van der Waals surface area contributed by atoms with Crippen LogP contribution in [0.1, 0.15) is 35.2 Å². The Morgan fingerprint density at radius 3 is 2.58 bits per heavy atom. The fraction of sp³-hybridized carbons (Fsp3) is 0.320. The molecule has 0 spiro atoms. The molecule has 3 amide bonds. The molecule has 8 heteroatoms. The Morgan fingerprint density at radius 1 is 1.03 bits per heavy atom. The number of benzene rings is 2. The van der Waals surface area contributed by atoms with Gasteiger partial charge in [-0.2, -0.15) is 0 Å². The molecule has 2 heterocycles. The number of Topliss-reactive ketones (excluding diaryl/α,β-unsaturated/α-hetero) is 1. The lowest BCUT2D eigenvalue weighted by Gasteiger charge is -2.34. The van der Waals surface area contributed by atoms with E-state index in [2.05, 4.69) is 0 Å². The van der Waals surface area contributed by atoms with Crippen LogP contribution in [0.15, 0.2) is 41.8 Å². The number of thiophene rings is 1. The van der Waals surface area contributed by atoms with Crippen LogP contribution in [0.4, 0.5) is 10.5 Å². The Labute approximate surface area is 196 Å². The number of hydrogen-bond acceptors (Lipinski definition) is 6. The van der Waals surface area contributed by atoms with Crippen LogP contribution in [0.5, 0.6) is 11.5 Å². The minimum Gasteiger partial charge on any atom is -0.493 e. The number of ether oxygens (including phenoxy) is 2. The molecule has 0 atom stereocenters. The molecule has 0 radical (unpaired) electrons. The zero-order valence-corrected chi connectivity index (χ0v) is 19.7. The first kappa shape index (κ1) is 22.8. The van der Waals surface area contributed by atoms with Gasteiger partial charge in [-0.25, -0.2) is 4.79 Å². The van der Waals surface area contributed by atoms with Crippen LogP contribution in [0, 0.1) is 6.92 Å². The molecule has 1 aliphatic heterocycles. The monoisotopic (exact) mass is 466 g/mol. The number of ketones is 1. The van der Waals surface area contributed by atoms with Gasteiger partial charge in [-0.1, -0.05) is 18.2 Å². The van der Waals surface area contributed by atoms with Gasteiger partial charge in [-0.15, -0.1) is 11.3 Å². The molecule has 33 heavy (non-hydrogen) atoms. The first-order chi connectivity index (χ1) is 15.9. The lowest BCUT2D eigenvalue weighted by Crippen LogP contribution is -2.51. The highest BCUT2D eigenvalue weighted by atomic mass is 32.1. The minimum absolute atomic E-state index is 0.0126. The first-order valence-corrected chi connectivity index (χ1v) is 11.7. The van der Waals surface area contributed by atoms with Crippen molar-refractivity contribution < 1.29 is 23.9 Å². The molecule has 1 aliphatic rings. The third-order valence-electron chi connectivity index (χ3n) is 5.86. The molecule has 1 saturated heterocycles. The summed E-state index contributed by atoms with van der Waals surface area (Å²) in [6, 6.07) is 10.6. The molecule has 1 fully saturated rings. The van der Waals surface area contributed by atoms with Crippen molar-refractivity contribution in [3.63, 3.8) is 0 Å². The van der Waals surface area contributed by atoms with Crippen LogP contribution in [-0.2, 0) is 4.79 Å². The van der Waals surface area contributed by atoms with Crippen molar-refractivity contribution in [2.24, 2.45) is 0 Å². The van der Waals surface area contributed by atoms with Gasteiger partial charge in [0.25, 0.3) is 0 Å². The van der Waals surface area contributed by atoms with E-state index in [4.69, 9.17) is 9.47 Å². The number of amides is 3. The summed E-state index contributed by atoms with van der Waals surface area (Å²) in [5, 5.41) is 3.00. The van der Waals surface area contributed by atoms with E-state index in [-0.39, 0.29) is 30.6 Å². The van der Waals surface area contributed by atoms with E-state index in [9.17, 15) is 14.4 Å². The van der Waals surface area contributed by atoms with Crippen LogP contribution in [-0.4, -0.2) is 49.9 Å². The molecule has 3 aromatic rings. The fourth-order valence-electron chi connectivity index (χ4n) is 4.09. The topological polar surface area (TPSA) is 76.2 Å². The Bertz CT molecular complexity index is 1220. The third kappa shape index (κ3) is 4.43. The fourth-order valence-corrected chi connectivity index (χ4v) is 5.12. The van der Waals surface area contributed by atoms with Crippen molar-refractivity contribution in [3.8, 4) is 11.5 Å². The molecule has 0 N–H and O–H groups in total. The highest BCUT2D eigenvalue weighted by molar-refractivity contribution is 7.18. The van der Waals surface area contributed by atoms with E-state index in [1.165, 1.54) is 19.1 Å². The molecule has 2 aromatic carbocycles. The number of fused-ring (bicyclic) bond motifs is 1. The van der Waals surface area contributed by atoms with Crippen molar-refractivity contribution in [2.45, 2.75) is 26.2 Å². The molecule has 4 rings (SSSR count). The lowest BCUT2D eigenvalue weighted by atomic mass is 10.1. The number of urea groups is 1. The zero-order valence-electron chi connectivity index (χ0n) is 18.9. The van der Waals surface area contributed by atoms with E-state index >= 15 is 0 Å². The number of anilines is 1. The maximum Gasteiger partial charge on any atom is 0.331 e. The summed E-state index contributed by atoms with van der Waals surface area (Å²) in [5.41, 5.74) is 2.43. The van der Waals surface area contributed by atoms with E-state index in [1.807, 2.05) is 30.5 Å². The summed E-state index contributed by atoms with van der Waals surface area (Å²) >= 11 is 1.60. The second kappa shape index (κ2) is 9.62. The SMILES string of the molecule is COc1ccc(C(=O)CCC(=O)N2CCCN(c3csc4c(C)cccc34)C2=O)cc1OC. The van der Waals surface area contributed by atoms with Crippen LogP contribution < -0.4 is 14.4 Å². The molecule has 0 unspecified atom stereocenters. The highest BCUT2D eigenvalue weighted by Gasteiger charge is 2.32. The number of nitrogens with zero attached hydrogens (tertiary/aromatic N) is 2. The number of carbonyl (C=O) groups excluding carboxylic acids is 3. The van der Waals surface area contributed by atoms with Crippen LogP contribution in [0.3, 0.4) is 0 Å². The van der Waals surface area contributed by atoms with Gasteiger partial charge in [0, 0.05) is 47.0 Å². The maximum atomic E-state index is 13.2. The van der Waals surface area contributed by atoms with Gasteiger partial charge < -0.3 is 9.47 Å². The smallest absolute Gasteiger partial charge is 0.331 e. The first-order valence-electron chi connectivity index (χ1n) is 10.8. The van der Waals surface area contributed by atoms with E-state index in [1.54, 1.807) is 34.4 Å². The Balaban J connectivity index is 1.44. The van der Waals surface area contributed by atoms with Crippen molar-refractivity contribution in [1.29, 1.82) is 0 Å². The van der Waals surface area contributed by atoms with Crippen LogP contribution >= 0.6 is 11.3 Å². The number of methoxy groups -OCH3 is 2. The average molecular weight is 467 g/mol. The summed E-state index contributed by atoms with van der Waals surface area (Å²) in [6.07, 6.45) is 0.666. The van der Waals surface area contributed by atoms with Gasteiger partial charge in [-0.3, -0.25) is 19.4 Å². The van der Waals surface area contributed by atoms with Gasteiger partial charge in [0.1, 0.15) is 0 Å². The summed E-state index contributed by atoms with van der Waals surface area (Å²) in [4.78, 5) is 41.7. The van der Waals surface area contributed by atoms with E-state index in [0.29, 0.717) is 36.6 Å². The van der Waals surface area contributed by atoms with Crippen LogP contribution in [0.2, 0.25) is 0 Å². The normalized spacial score (nSPS) is 14.0. The van der Waals surface area contributed by atoms with Gasteiger partial charge in [0.15, 0.2) is 17.3 Å². The van der Waals surface area contributed by atoms with Crippen LogP contribution in [0.25, 0.3) is 10.1 Å². The summed E-state index contributed by atoms with van der Waals surface area (Å²) in [6.45, 7) is 2.97. The van der Waals surface area contributed by atoms with Gasteiger partial charge in [0.2, 0.25) is 5.91 Å². The van der Waals surface area contributed by atoms with E-state index < -0.39 is 0 Å². The number of imide groups is 1. The number of carbonyl (C=O) groups is 3. The predicted molar refractivity (Wildman–Crippen MR) is 129 cm³/mol. The van der Waals surface area contributed by atoms with Gasteiger partial charge in [0.05, 0.1) is 19.9 Å². The second-order valence-corrected chi connectivity index (χ2v) is 8.78.